The highest BCUT2D eigenvalue weighted by atomic mass is 32.2. The van der Waals surface area contributed by atoms with E-state index in [-0.39, 0.29) is 35.7 Å². The Kier molecular flexibility index (Phi) is 10.7. The van der Waals surface area contributed by atoms with Crippen LogP contribution < -0.4 is 0 Å². The van der Waals surface area contributed by atoms with Gasteiger partial charge in [0.05, 0.1) is 23.8 Å². The van der Waals surface area contributed by atoms with Crippen LogP contribution in [0.1, 0.15) is 66.2 Å². The Balaban J connectivity index is 2.58. The molecule has 1 aliphatic rings. The van der Waals surface area contributed by atoms with Crippen molar-refractivity contribution >= 4 is 28.3 Å². The van der Waals surface area contributed by atoms with E-state index in [9.17, 15) is 18.6 Å². The number of ketones is 2. The molecule has 1 aliphatic carbocycles. The molecular weight excluding hydrogens is 436 g/mol. The largest absolute Gasteiger partial charge is 0.469 e. The topological polar surface area (TPSA) is 77.5 Å². The number of carbonyl (C=O) groups excluding carboxylic acids is 3. The van der Waals surface area contributed by atoms with Crippen LogP contribution in [0, 0.1) is 23.7 Å². The first kappa shape index (κ1) is 27.2. The molecule has 5 nitrogen and oxygen atoms in total. The monoisotopic (exact) mass is 474 g/mol. The third kappa shape index (κ3) is 7.73. The fraction of sp³-hybridized carbons (Fsp3) is 0.593. The quantitative estimate of drug-likeness (QED) is 0.437. The number of allylic oxidation sites excluding steroid dienone is 2. The van der Waals surface area contributed by atoms with Crippen molar-refractivity contribution in [3.8, 4) is 0 Å². The third-order valence-corrected chi connectivity index (χ3v) is 8.31. The van der Waals surface area contributed by atoms with E-state index in [1.165, 1.54) is 12.7 Å². The number of carbonyl (C=O) groups is 3. The van der Waals surface area contributed by atoms with Gasteiger partial charge < -0.3 is 4.74 Å². The Morgan fingerprint density at radius 2 is 1.76 bits per heavy atom. The van der Waals surface area contributed by atoms with Crippen LogP contribution >= 0.6 is 0 Å². The molecule has 0 heterocycles. The summed E-state index contributed by atoms with van der Waals surface area (Å²) in [6, 6.07) is 8.73. The van der Waals surface area contributed by atoms with Crippen molar-refractivity contribution in [2.75, 3.05) is 7.11 Å². The van der Waals surface area contributed by atoms with Gasteiger partial charge in [-0.15, -0.1) is 0 Å². The summed E-state index contributed by atoms with van der Waals surface area (Å²) in [5.41, 5.74) is 1.22. The zero-order chi connectivity index (χ0) is 24.5. The zero-order valence-electron chi connectivity index (χ0n) is 20.5. The van der Waals surface area contributed by atoms with Crippen molar-refractivity contribution in [1.29, 1.82) is 0 Å². The second-order valence-electron chi connectivity index (χ2n) is 9.63. The van der Waals surface area contributed by atoms with Crippen molar-refractivity contribution in [2.45, 2.75) is 76.4 Å². The minimum Gasteiger partial charge on any atom is -0.469 e. The third-order valence-electron chi connectivity index (χ3n) is 6.55. The molecule has 1 aromatic carbocycles. The van der Waals surface area contributed by atoms with Crippen molar-refractivity contribution in [3.63, 3.8) is 0 Å². The predicted octanol–water partition coefficient (Wildman–Crippen LogP) is 5.30. The number of rotatable bonds is 4. The fourth-order valence-corrected chi connectivity index (χ4v) is 6.16. The molecular formula is C27H38O5S. The summed E-state index contributed by atoms with van der Waals surface area (Å²) in [5, 5.41) is -1.13. The summed E-state index contributed by atoms with van der Waals surface area (Å²) < 4.78 is 18.8. The number of Topliss-reactive ketones (excluding diaryl/α,β-unsaturated/α-hetero) is 2. The lowest BCUT2D eigenvalue weighted by atomic mass is 9.80. The van der Waals surface area contributed by atoms with E-state index < -0.39 is 27.9 Å². The van der Waals surface area contributed by atoms with Crippen molar-refractivity contribution in [1.82, 2.24) is 0 Å². The van der Waals surface area contributed by atoms with Crippen LogP contribution in [0.5, 0.6) is 0 Å². The summed E-state index contributed by atoms with van der Waals surface area (Å²) in [4.78, 5) is 40.3. The fourth-order valence-electron chi connectivity index (χ4n) is 4.55. The molecule has 2 rings (SSSR count). The lowest BCUT2D eigenvalue weighted by Crippen LogP contribution is -2.44. The molecule has 1 aromatic rings. The molecule has 6 heteroatoms. The molecule has 5 atom stereocenters. The van der Waals surface area contributed by atoms with Crippen LogP contribution in [0.25, 0.3) is 0 Å². The zero-order valence-corrected chi connectivity index (χ0v) is 21.4. The van der Waals surface area contributed by atoms with Crippen LogP contribution in [0.2, 0.25) is 0 Å². The number of ether oxygens (including phenoxy) is 1. The Hall–Kier alpha value is -2.08. The SMILES string of the molecule is COC(=O)[C@H]1CC(=O)C[C@@H](C)CC/C=C(\C)CC[C@@H](C(C)C)C(=O)[C@H]1[S@@](=O)c1ccccc1. The molecule has 0 unspecified atom stereocenters. The maximum atomic E-state index is 13.9. The molecule has 182 valence electrons. The second-order valence-corrected chi connectivity index (χ2v) is 11.2. The second kappa shape index (κ2) is 13.0. The van der Waals surface area contributed by atoms with Gasteiger partial charge in [0, 0.05) is 23.7 Å². The summed E-state index contributed by atoms with van der Waals surface area (Å²) in [6.07, 6.45) is 5.57. The number of benzene rings is 1. The lowest BCUT2D eigenvalue weighted by Gasteiger charge is -2.29. The highest BCUT2D eigenvalue weighted by Crippen LogP contribution is 2.31. The summed E-state index contributed by atoms with van der Waals surface area (Å²) in [6.45, 7) is 8.06. The van der Waals surface area contributed by atoms with Crippen LogP contribution in [0.15, 0.2) is 46.9 Å². The first-order chi connectivity index (χ1) is 15.6. The lowest BCUT2D eigenvalue weighted by molar-refractivity contribution is -0.149. The molecule has 0 saturated carbocycles. The van der Waals surface area contributed by atoms with Crippen molar-refractivity contribution < 1.29 is 23.3 Å². The minimum atomic E-state index is -1.79. The van der Waals surface area contributed by atoms with Gasteiger partial charge in [-0.05, 0) is 56.6 Å². The van der Waals surface area contributed by atoms with Crippen LogP contribution in [-0.4, -0.2) is 34.1 Å². The maximum Gasteiger partial charge on any atom is 0.310 e. The van der Waals surface area contributed by atoms with Gasteiger partial charge in [-0.2, -0.15) is 0 Å². The van der Waals surface area contributed by atoms with Crippen LogP contribution in [0.3, 0.4) is 0 Å². The van der Waals surface area contributed by atoms with Gasteiger partial charge in [0.25, 0.3) is 0 Å². The summed E-state index contributed by atoms with van der Waals surface area (Å²) in [7, 11) is -0.537. The van der Waals surface area contributed by atoms with Crippen molar-refractivity contribution in [2.24, 2.45) is 23.7 Å². The molecule has 33 heavy (non-hydrogen) atoms. The Morgan fingerprint density at radius 1 is 1.09 bits per heavy atom. The molecule has 0 spiro atoms. The first-order valence-electron chi connectivity index (χ1n) is 11.9. The van der Waals surface area contributed by atoms with Gasteiger partial charge in [-0.25, -0.2) is 0 Å². The van der Waals surface area contributed by atoms with Crippen LogP contribution in [-0.2, 0) is 29.9 Å². The van der Waals surface area contributed by atoms with Gasteiger partial charge in [-0.1, -0.05) is 50.6 Å². The first-order valence-corrected chi connectivity index (χ1v) is 13.1. The Labute approximate surface area is 200 Å². The molecule has 0 aromatic heterocycles. The average molecular weight is 475 g/mol. The van der Waals surface area contributed by atoms with E-state index in [4.69, 9.17) is 4.74 Å². The average Bonchev–Trinajstić information content (AvgIpc) is 2.77. The van der Waals surface area contributed by atoms with E-state index in [1.807, 2.05) is 26.8 Å². The van der Waals surface area contributed by atoms with Gasteiger partial charge >= 0.3 is 5.97 Å². The molecule has 0 radical (unpaired) electrons. The van der Waals surface area contributed by atoms with E-state index in [0.717, 1.165) is 19.3 Å². The highest BCUT2D eigenvalue weighted by Gasteiger charge is 2.43. The minimum absolute atomic E-state index is 0.0162. The van der Waals surface area contributed by atoms with Gasteiger partial charge in [-0.3, -0.25) is 18.6 Å². The standard InChI is InChI=1S/C27H38O5S/c1-18(2)23-15-14-19(3)10-9-11-20(4)16-21(28)17-24(27(30)32-5)26(25(23)29)33(31)22-12-7-6-8-13-22/h6-8,10,12-13,18,20,23-24,26H,9,11,14-17H2,1-5H3/b19-10+/t20-,23-,24-,26-,33-/m0/s1. The number of hydrogen-bond acceptors (Lipinski definition) is 5. The van der Waals surface area contributed by atoms with Gasteiger partial charge in [0.1, 0.15) is 11.0 Å². The Bertz CT molecular complexity index is 874. The number of methoxy groups -OCH3 is 1. The molecule has 0 fully saturated rings. The number of esters is 1. The van der Waals surface area contributed by atoms with Gasteiger partial charge in [0.15, 0.2) is 5.78 Å². The van der Waals surface area contributed by atoms with E-state index in [1.54, 1.807) is 24.3 Å². The number of hydrogen-bond donors (Lipinski definition) is 0. The maximum absolute atomic E-state index is 13.9. The van der Waals surface area contributed by atoms with Crippen LogP contribution in [0.4, 0.5) is 0 Å². The molecule has 0 amide bonds. The van der Waals surface area contributed by atoms with Crippen molar-refractivity contribution in [3.05, 3.63) is 42.0 Å². The molecule has 0 N–H and O–H groups in total. The smallest absolute Gasteiger partial charge is 0.310 e. The highest BCUT2D eigenvalue weighted by molar-refractivity contribution is 7.86. The summed E-state index contributed by atoms with van der Waals surface area (Å²) in [5.74, 6) is -2.21. The van der Waals surface area contributed by atoms with E-state index in [0.29, 0.717) is 17.7 Å². The predicted molar refractivity (Wildman–Crippen MR) is 131 cm³/mol. The summed E-state index contributed by atoms with van der Waals surface area (Å²) >= 11 is 0. The Morgan fingerprint density at radius 3 is 2.36 bits per heavy atom. The van der Waals surface area contributed by atoms with E-state index >= 15 is 0 Å². The van der Waals surface area contributed by atoms with Gasteiger partial charge in [0.2, 0.25) is 0 Å². The molecule has 0 saturated heterocycles. The normalized spacial score (nSPS) is 28.5. The molecule has 0 bridgehead atoms. The molecule has 0 aliphatic heterocycles. The van der Waals surface area contributed by atoms with E-state index in [2.05, 4.69) is 13.0 Å².